The summed E-state index contributed by atoms with van der Waals surface area (Å²) in [5.41, 5.74) is 0.728. The molecule has 0 N–H and O–H groups in total. The lowest BCUT2D eigenvalue weighted by atomic mass is 9.86. The molecule has 3 heteroatoms. The van der Waals surface area contributed by atoms with Crippen LogP contribution >= 0.6 is 11.8 Å². The Morgan fingerprint density at radius 1 is 1.38 bits per heavy atom. The normalized spacial score (nSPS) is 11.2. The number of hydrogen-bond donors (Lipinski definition) is 0. The van der Waals surface area contributed by atoms with Crippen LogP contribution in [0.25, 0.3) is 0 Å². The lowest BCUT2D eigenvalue weighted by molar-refractivity contribution is -0.150. The Bertz CT molecular complexity index is 372. The van der Waals surface area contributed by atoms with Gasteiger partial charge in [-0.2, -0.15) is 0 Å². The number of hydrogen-bond acceptors (Lipinski definition) is 3. The smallest absolute Gasteiger partial charge is 0.311 e. The molecule has 1 aromatic carbocycles. The molecular weight excluding hydrogens is 220 g/mol. The molecule has 0 atom stereocenters. The molecule has 0 unspecified atom stereocenters. The lowest BCUT2D eigenvalue weighted by Crippen LogP contribution is -2.28. The second-order valence-electron chi connectivity index (χ2n) is 4.36. The molecule has 0 aromatic heterocycles. The van der Waals surface area contributed by atoms with E-state index in [1.165, 1.54) is 17.6 Å². The summed E-state index contributed by atoms with van der Waals surface area (Å²) < 4.78 is 4.81. The maximum atomic E-state index is 11.6. The van der Waals surface area contributed by atoms with E-state index in [-0.39, 0.29) is 5.97 Å². The average Bonchev–Trinajstić information content (AvgIpc) is 2.28. The van der Waals surface area contributed by atoms with E-state index in [9.17, 15) is 4.79 Å². The topological polar surface area (TPSA) is 26.3 Å². The quantitative estimate of drug-likeness (QED) is 0.595. The molecule has 2 nitrogen and oxygen atoms in total. The number of rotatable bonds is 4. The van der Waals surface area contributed by atoms with Crippen molar-refractivity contribution >= 4 is 17.7 Å². The van der Waals surface area contributed by atoms with Crippen molar-refractivity contribution in [2.45, 2.75) is 25.2 Å². The average molecular weight is 238 g/mol. The minimum absolute atomic E-state index is 0.164. The van der Waals surface area contributed by atoms with Crippen molar-refractivity contribution in [3.63, 3.8) is 0 Å². The highest BCUT2D eigenvalue weighted by Crippen LogP contribution is 2.28. The zero-order valence-electron chi connectivity index (χ0n) is 10.2. The van der Waals surface area contributed by atoms with Gasteiger partial charge in [0, 0.05) is 4.90 Å². The Balaban J connectivity index is 2.91. The molecule has 0 aliphatic rings. The van der Waals surface area contributed by atoms with Crippen LogP contribution in [0.4, 0.5) is 0 Å². The van der Waals surface area contributed by atoms with Crippen molar-refractivity contribution in [2.75, 3.05) is 13.4 Å². The van der Waals surface area contributed by atoms with Crippen LogP contribution in [0.1, 0.15) is 19.4 Å². The number of benzene rings is 1. The maximum absolute atomic E-state index is 11.6. The fourth-order valence-electron chi connectivity index (χ4n) is 1.67. The number of carbonyl (C=O) groups excluding carboxylic acids is 1. The molecule has 0 saturated heterocycles. The van der Waals surface area contributed by atoms with Gasteiger partial charge < -0.3 is 4.74 Å². The molecule has 0 heterocycles. The summed E-state index contributed by atoms with van der Waals surface area (Å²) in [6.45, 7) is 3.83. The highest BCUT2D eigenvalue weighted by Gasteiger charge is 2.29. The van der Waals surface area contributed by atoms with E-state index >= 15 is 0 Å². The first-order chi connectivity index (χ1) is 7.51. The van der Waals surface area contributed by atoms with E-state index in [2.05, 4.69) is 12.1 Å². The Kier molecular flexibility index (Phi) is 4.42. The number of ether oxygens (including phenoxy) is 1. The van der Waals surface area contributed by atoms with Gasteiger partial charge in [0.1, 0.15) is 0 Å². The molecule has 0 bridgehead atoms. The van der Waals surface area contributed by atoms with E-state index in [1.807, 2.05) is 32.2 Å². The van der Waals surface area contributed by atoms with Gasteiger partial charge in [0.25, 0.3) is 0 Å². The van der Waals surface area contributed by atoms with Crippen LogP contribution in [0.15, 0.2) is 29.2 Å². The van der Waals surface area contributed by atoms with Gasteiger partial charge in [0.2, 0.25) is 0 Å². The summed E-state index contributed by atoms with van der Waals surface area (Å²) in [5.74, 6) is -0.164. The first kappa shape index (κ1) is 13.1. The maximum Gasteiger partial charge on any atom is 0.311 e. The summed E-state index contributed by atoms with van der Waals surface area (Å²) >= 11 is 1.70. The van der Waals surface area contributed by atoms with Crippen molar-refractivity contribution in [1.29, 1.82) is 0 Å². The van der Waals surface area contributed by atoms with Crippen molar-refractivity contribution in [3.05, 3.63) is 29.8 Å². The number of methoxy groups -OCH3 is 1. The highest BCUT2D eigenvalue weighted by atomic mass is 32.2. The molecule has 88 valence electrons. The van der Waals surface area contributed by atoms with Crippen molar-refractivity contribution in [3.8, 4) is 0 Å². The predicted octanol–water partition coefficient (Wildman–Crippen LogP) is 3.15. The third kappa shape index (κ3) is 3.01. The number of esters is 1. The van der Waals surface area contributed by atoms with Crippen LogP contribution in [0, 0.1) is 5.41 Å². The summed E-state index contributed by atoms with van der Waals surface area (Å²) in [6, 6.07) is 8.16. The first-order valence-corrected chi connectivity index (χ1v) is 6.44. The summed E-state index contributed by atoms with van der Waals surface area (Å²) in [6.07, 6.45) is 2.75. The summed E-state index contributed by atoms with van der Waals surface area (Å²) in [5, 5.41) is 0. The minimum atomic E-state index is -0.472. The van der Waals surface area contributed by atoms with Crippen LogP contribution in [-0.2, 0) is 16.0 Å². The molecule has 0 radical (unpaired) electrons. The van der Waals surface area contributed by atoms with E-state index in [0.29, 0.717) is 6.42 Å². The fourth-order valence-corrected chi connectivity index (χ4v) is 2.29. The first-order valence-electron chi connectivity index (χ1n) is 5.21. The Morgan fingerprint density at radius 3 is 2.56 bits per heavy atom. The minimum Gasteiger partial charge on any atom is -0.469 e. The van der Waals surface area contributed by atoms with Crippen LogP contribution < -0.4 is 0 Å². The van der Waals surface area contributed by atoms with Gasteiger partial charge in [0.15, 0.2) is 0 Å². The van der Waals surface area contributed by atoms with Crippen LogP contribution in [0.2, 0.25) is 0 Å². The zero-order chi connectivity index (χ0) is 12.2. The molecule has 1 rings (SSSR count). The second kappa shape index (κ2) is 5.39. The monoisotopic (exact) mass is 238 g/mol. The van der Waals surface area contributed by atoms with Gasteiger partial charge in [0.05, 0.1) is 12.5 Å². The second-order valence-corrected chi connectivity index (χ2v) is 5.21. The van der Waals surface area contributed by atoms with Gasteiger partial charge in [-0.1, -0.05) is 18.2 Å². The van der Waals surface area contributed by atoms with Gasteiger partial charge in [-0.25, -0.2) is 0 Å². The molecule has 1 aromatic rings. The largest absolute Gasteiger partial charge is 0.469 e. The van der Waals surface area contributed by atoms with E-state index in [0.717, 1.165) is 0 Å². The van der Waals surface area contributed by atoms with Gasteiger partial charge >= 0.3 is 5.97 Å². The number of thioether (sulfide) groups is 1. The van der Waals surface area contributed by atoms with Gasteiger partial charge in [-0.05, 0) is 38.2 Å². The Hall–Kier alpha value is -0.960. The molecule has 0 spiro atoms. The standard InChI is InChI=1S/C13H18O2S/c1-13(2,12(14)15-3)9-10-7-5-6-8-11(10)16-4/h5-8H,9H2,1-4H3. The van der Waals surface area contributed by atoms with E-state index in [4.69, 9.17) is 4.74 Å². The van der Waals surface area contributed by atoms with Crippen LogP contribution in [-0.4, -0.2) is 19.3 Å². The van der Waals surface area contributed by atoms with Gasteiger partial charge in [-0.15, -0.1) is 11.8 Å². The molecule has 16 heavy (non-hydrogen) atoms. The van der Waals surface area contributed by atoms with E-state index < -0.39 is 5.41 Å². The third-order valence-corrected chi connectivity index (χ3v) is 3.40. The highest BCUT2D eigenvalue weighted by molar-refractivity contribution is 7.98. The van der Waals surface area contributed by atoms with Gasteiger partial charge in [-0.3, -0.25) is 4.79 Å². The molecular formula is C13H18O2S. The molecule has 0 aliphatic carbocycles. The van der Waals surface area contributed by atoms with Crippen molar-refractivity contribution in [2.24, 2.45) is 5.41 Å². The van der Waals surface area contributed by atoms with Crippen LogP contribution in [0.3, 0.4) is 0 Å². The number of carbonyl (C=O) groups is 1. The molecule has 0 saturated carbocycles. The third-order valence-electron chi connectivity index (χ3n) is 2.56. The Morgan fingerprint density at radius 2 is 2.00 bits per heavy atom. The van der Waals surface area contributed by atoms with Crippen molar-refractivity contribution in [1.82, 2.24) is 0 Å². The predicted molar refractivity (Wildman–Crippen MR) is 67.7 cm³/mol. The molecule has 0 amide bonds. The van der Waals surface area contributed by atoms with Crippen LogP contribution in [0.5, 0.6) is 0 Å². The van der Waals surface area contributed by atoms with Crippen molar-refractivity contribution < 1.29 is 9.53 Å². The molecule has 0 aliphatic heterocycles. The summed E-state index contributed by atoms with van der Waals surface area (Å²) in [4.78, 5) is 12.8. The fraction of sp³-hybridized carbons (Fsp3) is 0.462. The Labute approximate surface area is 101 Å². The molecule has 0 fully saturated rings. The zero-order valence-corrected chi connectivity index (χ0v) is 11.1. The summed E-state index contributed by atoms with van der Waals surface area (Å²) in [7, 11) is 1.44. The SMILES string of the molecule is COC(=O)C(C)(C)Cc1ccccc1SC. The lowest BCUT2D eigenvalue weighted by Gasteiger charge is -2.22. The van der Waals surface area contributed by atoms with E-state index in [1.54, 1.807) is 11.8 Å².